The van der Waals surface area contributed by atoms with Crippen molar-refractivity contribution in [1.82, 2.24) is 0 Å². The average molecular weight is 374 g/mol. The first kappa shape index (κ1) is 15.4. The second-order valence-electron chi connectivity index (χ2n) is 4.19. The summed E-state index contributed by atoms with van der Waals surface area (Å²) < 4.78 is 6.03. The molecule has 0 fully saturated rings. The Morgan fingerprint density at radius 1 is 1.15 bits per heavy atom. The zero-order chi connectivity index (χ0) is 14.7. The predicted octanol–water partition coefficient (Wildman–Crippen LogP) is 5.19. The summed E-state index contributed by atoms with van der Waals surface area (Å²) in [7, 11) is 1.59. The molecular weight excluding hydrogens is 363 g/mol. The summed E-state index contributed by atoms with van der Waals surface area (Å²) in [5.74, 6) is 0.683. The zero-order valence-electron chi connectivity index (χ0n) is 10.6. The van der Waals surface area contributed by atoms with Crippen molar-refractivity contribution in [2.45, 2.75) is 6.42 Å². The second kappa shape index (κ2) is 6.61. The fraction of sp³-hybridized carbons (Fsp3) is 0.133. The zero-order valence-corrected chi connectivity index (χ0v) is 13.7. The van der Waals surface area contributed by atoms with Gasteiger partial charge in [0.15, 0.2) is 5.78 Å². The third kappa shape index (κ3) is 3.54. The summed E-state index contributed by atoms with van der Waals surface area (Å²) in [5.41, 5.74) is 1.40. The van der Waals surface area contributed by atoms with Crippen LogP contribution in [0.3, 0.4) is 0 Å². The molecule has 2 aromatic carbocycles. The third-order valence-electron chi connectivity index (χ3n) is 2.85. The van der Waals surface area contributed by atoms with E-state index in [2.05, 4.69) is 15.9 Å². The van der Waals surface area contributed by atoms with Crippen molar-refractivity contribution in [3.05, 3.63) is 62.0 Å². The van der Waals surface area contributed by atoms with Gasteiger partial charge in [-0.25, -0.2) is 0 Å². The summed E-state index contributed by atoms with van der Waals surface area (Å²) in [6.45, 7) is 0. The molecule has 0 heterocycles. The Kier molecular flexibility index (Phi) is 5.08. The minimum atomic E-state index is -0.0301. The summed E-state index contributed by atoms with van der Waals surface area (Å²) in [6.07, 6.45) is 0.260. The van der Waals surface area contributed by atoms with Crippen molar-refractivity contribution in [1.29, 1.82) is 0 Å². The number of hydrogen-bond acceptors (Lipinski definition) is 2. The van der Waals surface area contributed by atoms with Gasteiger partial charge in [-0.15, -0.1) is 0 Å². The van der Waals surface area contributed by atoms with E-state index >= 15 is 0 Å². The summed E-state index contributed by atoms with van der Waals surface area (Å²) >= 11 is 15.2. The topological polar surface area (TPSA) is 26.3 Å². The lowest BCUT2D eigenvalue weighted by Crippen LogP contribution is -2.04. The van der Waals surface area contributed by atoms with Crippen LogP contribution in [0.25, 0.3) is 0 Å². The highest BCUT2D eigenvalue weighted by molar-refractivity contribution is 9.10. The van der Waals surface area contributed by atoms with Gasteiger partial charge in [0.25, 0.3) is 0 Å². The smallest absolute Gasteiger partial charge is 0.167 e. The number of ketones is 1. The minimum Gasteiger partial charge on any atom is -0.497 e. The molecule has 0 unspecified atom stereocenters. The maximum atomic E-state index is 12.3. The highest BCUT2D eigenvalue weighted by Crippen LogP contribution is 2.26. The molecule has 0 bridgehead atoms. The average Bonchev–Trinajstić information content (AvgIpc) is 2.44. The van der Waals surface area contributed by atoms with E-state index in [-0.39, 0.29) is 12.2 Å². The van der Waals surface area contributed by atoms with Gasteiger partial charge in [-0.2, -0.15) is 0 Å². The van der Waals surface area contributed by atoms with Crippen LogP contribution in [-0.4, -0.2) is 12.9 Å². The molecule has 0 amide bonds. The molecule has 2 nitrogen and oxygen atoms in total. The van der Waals surface area contributed by atoms with Gasteiger partial charge < -0.3 is 4.74 Å². The Labute approximate surface area is 135 Å². The molecule has 0 saturated carbocycles. The van der Waals surface area contributed by atoms with Crippen LogP contribution < -0.4 is 4.74 Å². The van der Waals surface area contributed by atoms with Crippen LogP contribution in [0.2, 0.25) is 10.0 Å². The first-order valence-corrected chi connectivity index (χ1v) is 7.37. The van der Waals surface area contributed by atoms with Crippen LogP contribution in [0.1, 0.15) is 15.9 Å². The van der Waals surface area contributed by atoms with Crippen LogP contribution in [-0.2, 0) is 6.42 Å². The highest BCUT2D eigenvalue weighted by atomic mass is 79.9. The first-order chi connectivity index (χ1) is 9.51. The quantitative estimate of drug-likeness (QED) is 0.689. The molecule has 20 heavy (non-hydrogen) atoms. The van der Waals surface area contributed by atoms with E-state index in [1.165, 1.54) is 0 Å². The number of halogens is 3. The van der Waals surface area contributed by atoms with E-state index < -0.39 is 0 Å². The number of ether oxygens (including phenoxy) is 1. The minimum absolute atomic E-state index is 0.0301. The van der Waals surface area contributed by atoms with Crippen LogP contribution in [0.4, 0.5) is 0 Å². The van der Waals surface area contributed by atoms with Crippen LogP contribution in [0.15, 0.2) is 40.9 Å². The van der Waals surface area contributed by atoms with E-state index in [1.807, 2.05) is 18.2 Å². The van der Waals surface area contributed by atoms with Crippen molar-refractivity contribution in [3.63, 3.8) is 0 Å². The molecule has 0 radical (unpaired) electrons. The van der Waals surface area contributed by atoms with E-state index in [4.69, 9.17) is 27.9 Å². The molecule has 0 aliphatic rings. The van der Waals surface area contributed by atoms with Crippen molar-refractivity contribution in [2.75, 3.05) is 7.11 Å². The summed E-state index contributed by atoms with van der Waals surface area (Å²) in [6, 6.07) is 10.4. The van der Waals surface area contributed by atoms with Crippen LogP contribution >= 0.6 is 39.1 Å². The fourth-order valence-electron chi connectivity index (χ4n) is 1.76. The number of hydrogen-bond donors (Lipinski definition) is 0. The molecule has 0 aromatic heterocycles. The van der Waals surface area contributed by atoms with Gasteiger partial charge in [0.1, 0.15) is 5.75 Å². The Balaban J connectivity index is 2.25. The highest BCUT2D eigenvalue weighted by Gasteiger charge is 2.12. The van der Waals surface area contributed by atoms with E-state index in [0.717, 1.165) is 10.0 Å². The number of carbonyl (C=O) groups excluding carboxylic acids is 1. The normalized spacial score (nSPS) is 10.4. The number of methoxy groups -OCH3 is 1. The lowest BCUT2D eigenvalue weighted by molar-refractivity contribution is 0.0993. The van der Waals surface area contributed by atoms with Gasteiger partial charge in [0.2, 0.25) is 0 Å². The Morgan fingerprint density at radius 2 is 1.90 bits per heavy atom. The van der Waals surface area contributed by atoms with Gasteiger partial charge in [-0.1, -0.05) is 39.1 Å². The second-order valence-corrected chi connectivity index (χ2v) is 5.85. The van der Waals surface area contributed by atoms with Crippen molar-refractivity contribution in [3.8, 4) is 5.75 Å². The molecule has 0 spiro atoms. The van der Waals surface area contributed by atoms with E-state index in [0.29, 0.717) is 21.4 Å². The summed E-state index contributed by atoms with van der Waals surface area (Å²) in [4.78, 5) is 12.3. The first-order valence-electron chi connectivity index (χ1n) is 5.82. The SMILES string of the molecule is COc1ccc(Br)c(CC(=O)c2ccc(Cl)c(Cl)c2)c1. The van der Waals surface area contributed by atoms with Crippen molar-refractivity contribution >= 4 is 44.9 Å². The largest absolute Gasteiger partial charge is 0.497 e. The Morgan fingerprint density at radius 3 is 2.55 bits per heavy atom. The van der Waals surface area contributed by atoms with Gasteiger partial charge in [-0.05, 0) is 42.0 Å². The van der Waals surface area contributed by atoms with Gasteiger partial charge >= 0.3 is 0 Å². The summed E-state index contributed by atoms with van der Waals surface area (Å²) in [5, 5.41) is 0.813. The Bertz CT molecular complexity index is 656. The van der Waals surface area contributed by atoms with Crippen molar-refractivity contribution in [2.24, 2.45) is 0 Å². The molecule has 0 aliphatic carbocycles. The Hall–Kier alpha value is -1.03. The molecule has 0 saturated heterocycles. The lowest BCUT2D eigenvalue weighted by Gasteiger charge is -2.07. The molecule has 2 rings (SSSR count). The molecular formula is C15H11BrCl2O2. The maximum absolute atomic E-state index is 12.3. The van der Waals surface area contributed by atoms with Gasteiger partial charge in [0.05, 0.1) is 17.2 Å². The number of benzene rings is 2. The van der Waals surface area contributed by atoms with E-state index in [1.54, 1.807) is 25.3 Å². The third-order valence-corrected chi connectivity index (χ3v) is 4.36. The van der Waals surface area contributed by atoms with Gasteiger partial charge in [-0.3, -0.25) is 4.79 Å². The van der Waals surface area contributed by atoms with Crippen LogP contribution in [0.5, 0.6) is 5.75 Å². The van der Waals surface area contributed by atoms with E-state index in [9.17, 15) is 4.79 Å². The lowest BCUT2D eigenvalue weighted by atomic mass is 10.0. The molecule has 104 valence electrons. The fourth-order valence-corrected chi connectivity index (χ4v) is 2.44. The maximum Gasteiger partial charge on any atom is 0.167 e. The molecule has 0 atom stereocenters. The predicted molar refractivity (Wildman–Crippen MR) is 85.2 cm³/mol. The number of Topliss-reactive ketones (excluding diaryl/α,β-unsaturated/α-hetero) is 1. The number of rotatable bonds is 4. The van der Waals surface area contributed by atoms with Gasteiger partial charge in [0, 0.05) is 16.5 Å². The monoisotopic (exact) mass is 372 g/mol. The van der Waals surface area contributed by atoms with Crippen LogP contribution in [0, 0.1) is 0 Å². The molecule has 5 heteroatoms. The molecule has 0 aliphatic heterocycles. The standard InChI is InChI=1S/C15H11BrCl2O2/c1-20-11-3-4-12(16)10(6-11)8-15(19)9-2-5-13(17)14(18)7-9/h2-7H,8H2,1H3. The molecule has 2 aromatic rings. The molecule has 0 N–H and O–H groups in total. The number of carbonyl (C=O) groups is 1. The van der Waals surface area contributed by atoms with Crippen molar-refractivity contribution < 1.29 is 9.53 Å².